The molecule has 1 aliphatic heterocycles. The normalized spacial score (nSPS) is 17.5. The molecule has 0 bridgehead atoms. The number of carbonyl (C=O) groups excluding carboxylic acids is 1. The largest absolute Gasteiger partial charge is 0.351 e. The number of hydrogen-bond donors (Lipinski definition) is 2. The lowest BCUT2D eigenvalue weighted by Gasteiger charge is -2.22. The van der Waals surface area contributed by atoms with E-state index in [0.29, 0.717) is 18.1 Å². The van der Waals surface area contributed by atoms with E-state index in [1.165, 1.54) is 10.6 Å². The van der Waals surface area contributed by atoms with Crippen LogP contribution in [-0.4, -0.2) is 34.9 Å². The molecule has 23 heavy (non-hydrogen) atoms. The molecule has 1 fully saturated rings. The van der Waals surface area contributed by atoms with Crippen molar-refractivity contribution < 1.29 is 4.79 Å². The highest BCUT2D eigenvalue weighted by Gasteiger charge is 2.17. The molecule has 1 aliphatic rings. The number of aromatic nitrogens is 2. The second-order valence-electron chi connectivity index (χ2n) is 5.83. The average molecular weight is 337 g/mol. The zero-order chi connectivity index (χ0) is 15.5. The molecule has 3 rings (SSSR count). The van der Waals surface area contributed by atoms with Crippen LogP contribution in [0.4, 0.5) is 0 Å². The summed E-state index contributed by atoms with van der Waals surface area (Å²) in [6.07, 6.45) is 5.29. The predicted octanol–water partition coefficient (Wildman–Crippen LogP) is 1.15. The SMILES string of the molecule is Cc1ccc2ncc(C(=O)NCC3CCCNC3)c(=O)n2c1.Cl. The number of hydrogen-bond acceptors (Lipinski definition) is 4. The van der Waals surface area contributed by atoms with E-state index >= 15 is 0 Å². The third-order valence-electron chi connectivity index (χ3n) is 4.04. The van der Waals surface area contributed by atoms with Gasteiger partial charge in [-0.1, -0.05) is 6.07 Å². The van der Waals surface area contributed by atoms with Gasteiger partial charge in [0.15, 0.2) is 0 Å². The number of pyridine rings is 1. The van der Waals surface area contributed by atoms with Gasteiger partial charge >= 0.3 is 0 Å². The zero-order valence-electron chi connectivity index (χ0n) is 13.0. The summed E-state index contributed by atoms with van der Waals surface area (Å²) in [6, 6.07) is 3.66. The maximum absolute atomic E-state index is 12.4. The van der Waals surface area contributed by atoms with Gasteiger partial charge in [0.25, 0.3) is 11.5 Å². The van der Waals surface area contributed by atoms with Crippen molar-refractivity contribution >= 4 is 24.0 Å². The molecule has 1 unspecified atom stereocenters. The van der Waals surface area contributed by atoms with E-state index < -0.39 is 0 Å². The van der Waals surface area contributed by atoms with E-state index in [4.69, 9.17) is 0 Å². The molecule has 6 nitrogen and oxygen atoms in total. The molecule has 1 saturated heterocycles. The number of nitrogens with one attached hydrogen (secondary N) is 2. The second kappa shape index (κ2) is 7.57. The Morgan fingerprint density at radius 2 is 2.30 bits per heavy atom. The summed E-state index contributed by atoms with van der Waals surface area (Å²) < 4.78 is 1.42. The van der Waals surface area contributed by atoms with E-state index in [0.717, 1.165) is 31.5 Å². The van der Waals surface area contributed by atoms with Gasteiger partial charge in [-0.25, -0.2) is 4.98 Å². The maximum Gasteiger partial charge on any atom is 0.270 e. The Labute approximate surface area is 140 Å². The van der Waals surface area contributed by atoms with Crippen LogP contribution in [0.1, 0.15) is 28.8 Å². The number of carbonyl (C=O) groups is 1. The highest BCUT2D eigenvalue weighted by molar-refractivity contribution is 5.93. The Kier molecular flexibility index (Phi) is 5.74. The van der Waals surface area contributed by atoms with Crippen molar-refractivity contribution in [3.8, 4) is 0 Å². The van der Waals surface area contributed by atoms with Gasteiger partial charge < -0.3 is 10.6 Å². The minimum absolute atomic E-state index is 0. The van der Waals surface area contributed by atoms with Crippen LogP contribution < -0.4 is 16.2 Å². The standard InChI is InChI=1S/C16H20N4O2.ClH/c1-11-4-5-14-18-9-13(16(22)20(14)10-11)15(21)19-8-12-3-2-6-17-7-12;/h4-5,9-10,12,17H,2-3,6-8H2,1H3,(H,19,21);1H. The van der Waals surface area contributed by atoms with Crippen LogP contribution in [0.3, 0.4) is 0 Å². The van der Waals surface area contributed by atoms with Gasteiger partial charge in [-0.15, -0.1) is 12.4 Å². The first kappa shape index (κ1) is 17.4. The Balaban J connectivity index is 0.00000192. The van der Waals surface area contributed by atoms with Gasteiger partial charge in [0, 0.05) is 18.9 Å². The first-order valence-corrected chi connectivity index (χ1v) is 7.62. The number of rotatable bonds is 3. The summed E-state index contributed by atoms with van der Waals surface area (Å²) >= 11 is 0. The lowest BCUT2D eigenvalue weighted by Crippen LogP contribution is -2.39. The van der Waals surface area contributed by atoms with Crippen LogP contribution in [0.15, 0.2) is 29.3 Å². The summed E-state index contributed by atoms with van der Waals surface area (Å²) in [5, 5.41) is 6.17. The van der Waals surface area contributed by atoms with Crippen molar-refractivity contribution in [2.75, 3.05) is 19.6 Å². The van der Waals surface area contributed by atoms with E-state index in [9.17, 15) is 9.59 Å². The fraction of sp³-hybridized carbons (Fsp3) is 0.438. The van der Waals surface area contributed by atoms with Gasteiger partial charge in [-0.05, 0) is 50.4 Å². The Hall–Kier alpha value is -1.92. The minimum atomic E-state index is -0.348. The van der Waals surface area contributed by atoms with Gasteiger partial charge in [-0.3, -0.25) is 14.0 Å². The molecular weight excluding hydrogens is 316 g/mol. The number of nitrogens with zero attached hydrogens (tertiary/aromatic N) is 2. The number of fused-ring (bicyclic) bond motifs is 1. The molecule has 124 valence electrons. The monoisotopic (exact) mass is 336 g/mol. The van der Waals surface area contributed by atoms with Gasteiger partial charge in [-0.2, -0.15) is 0 Å². The minimum Gasteiger partial charge on any atom is -0.351 e. The van der Waals surface area contributed by atoms with Crippen molar-refractivity contribution in [3.63, 3.8) is 0 Å². The fourth-order valence-corrected chi connectivity index (χ4v) is 2.77. The molecule has 1 atom stereocenters. The highest BCUT2D eigenvalue weighted by atomic mass is 35.5. The van der Waals surface area contributed by atoms with Crippen LogP contribution >= 0.6 is 12.4 Å². The van der Waals surface area contributed by atoms with Crippen molar-refractivity contribution in [1.82, 2.24) is 20.0 Å². The third-order valence-corrected chi connectivity index (χ3v) is 4.04. The molecule has 0 aliphatic carbocycles. The Morgan fingerprint density at radius 1 is 1.48 bits per heavy atom. The molecule has 3 heterocycles. The van der Waals surface area contributed by atoms with Crippen LogP contribution in [0.25, 0.3) is 5.65 Å². The molecule has 7 heteroatoms. The lowest BCUT2D eigenvalue weighted by atomic mass is 10.00. The first-order valence-electron chi connectivity index (χ1n) is 7.62. The molecule has 0 radical (unpaired) electrons. The van der Waals surface area contributed by atoms with Crippen molar-refractivity contribution in [2.45, 2.75) is 19.8 Å². The Bertz CT molecular complexity index is 753. The van der Waals surface area contributed by atoms with Crippen LogP contribution in [0, 0.1) is 12.8 Å². The van der Waals surface area contributed by atoms with Gasteiger partial charge in [0.05, 0.1) is 0 Å². The smallest absolute Gasteiger partial charge is 0.270 e. The predicted molar refractivity (Wildman–Crippen MR) is 91.4 cm³/mol. The zero-order valence-corrected chi connectivity index (χ0v) is 13.9. The lowest BCUT2D eigenvalue weighted by molar-refractivity contribution is 0.0943. The number of aryl methyl sites for hydroxylation is 1. The molecule has 0 aromatic carbocycles. The summed E-state index contributed by atoms with van der Waals surface area (Å²) in [4.78, 5) is 28.9. The van der Waals surface area contributed by atoms with Crippen LogP contribution in [-0.2, 0) is 0 Å². The molecule has 1 amide bonds. The summed E-state index contributed by atoms with van der Waals surface area (Å²) in [7, 11) is 0. The van der Waals surface area contributed by atoms with Crippen LogP contribution in [0.5, 0.6) is 0 Å². The van der Waals surface area contributed by atoms with Crippen molar-refractivity contribution in [3.05, 3.63) is 46.0 Å². The Morgan fingerprint density at radius 3 is 3.04 bits per heavy atom. The van der Waals surface area contributed by atoms with Crippen LogP contribution in [0.2, 0.25) is 0 Å². The molecule has 0 spiro atoms. The topological polar surface area (TPSA) is 75.5 Å². The maximum atomic E-state index is 12.4. The second-order valence-corrected chi connectivity index (χ2v) is 5.83. The van der Waals surface area contributed by atoms with E-state index in [-0.39, 0.29) is 29.4 Å². The summed E-state index contributed by atoms with van der Waals surface area (Å²) in [5.41, 5.74) is 1.26. The fourth-order valence-electron chi connectivity index (χ4n) is 2.77. The van der Waals surface area contributed by atoms with E-state index in [2.05, 4.69) is 15.6 Å². The van der Waals surface area contributed by atoms with Crippen molar-refractivity contribution in [1.29, 1.82) is 0 Å². The number of piperidine rings is 1. The quantitative estimate of drug-likeness (QED) is 0.881. The van der Waals surface area contributed by atoms with Gasteiger partial charge in [0.2, 0.25) is 0 Å². The summed E-state index contributed by atoms with van der Waals surface area (Å²) in [6.45, 7) is 4.44. The molecule has 2 N–H and O–H groups in total. The number of halogens is 1. The van der Waals surface area contributed by atoms with E-state index in [1.54, 1.807) is 12.3 Å². The summed E-state index contributed by atoms with van der Waals surface area (Å²) in [5.74, 6) is 0.0788. The molecule has 2 aromatic rings. The van der Waals surface area contributed by atoms with E-state index in [1.807, 2.05) is 13.0 Å². The van der Waals surface area contributed by atoms with Crippen molar-refractivity contribution in [2.24, 2.45) is 5.92 Å². The first-order chi connectivity index (χ1) is 10.6. The average Bonchev–Trinajstić information content (AvgIpc) is 2.54. The highest BCUT2D eigenvalue weighted by Crippen LogP contribution is 2.08. The third kappa shape index (κ3) is 3.89. The molecule has 2 aromatic heterocycles. The molecule has 0 saturated carbocycles. The van der Waals surface area contributed by atoms with Gasteiger partial charge in [0.1, 0.15) is 11.2 Å². The number of amides is 1. The molecular formula is C16H21ClN4O2.